The van der Waals surface area contributed by atoms with Gasteiger partial charge in [-0.25, -0.2) is 4.39 Å². The van der Waals surface area contributed by atoms with Gasteiger partial charge in [-0.1, -0.05) is 11.2 Å². The highest BCUT2D eigenvalue weighted by molar-refractivity contribution is 5.64. The highest BCUT2D eigenvalue weighted by Crippen LogP contribution is 2.28. The summed E-state index contributed by atoms with van der Waals surface area (Å²) >= 11 is 0. The van der Waals surface area contributed by atoms with E-state index in [1.807, 2.05) is 13.0 Å². The lowest BCUT2D eigenvalue weighted by molar-refractivity contribution is -0.128. The first-order chi connectivity index (χ1) is 9.13. The van der Waals surface area contributed by atoms with Crippen LogP contribution in [0.4, 0.5) is 4.39 Å². The lowest BCUT2D eigenvalue weighted by atomic mass is 10.0. The van der Waals surface area contributed by atoms with Gasteiger partial charge in [0, 0.05) is 17.5 Å². The van der Waals surface area contributed by atoms with Crippen LogP contribution in [0.3, 0.4) is 0 Å². The maximum Gasteiger partial charge on any atom is 0.293 e. The number of carbonyl (C=O) groups excluding carboxylic acids is 1. The van der Waals surface area contributed by atoms with Crippen molar-refractivity contribution in [1.82, 2.24) is 5.16 Å². The molecule has 19 heavy (non-hydrogen) atoms. The number of nitrogens with zero attached hydrogens (tertiary/aromatic N) is 1. The van der Waals surface area contributed by atoms with Crippen molar-refractivity contribution in [2.75, 3.05) is 6.61 Å². The van der Waals surface area contributed by atoms with E-state index < -0.39 is 0 Å². The van der Waals surface area contributed by atoms with Gasteiger partial charge < -0.3 is 9.26 Å². The van der Waals surface area contributed by atoms with Gasteiger partial charge in [-0.15, -0.1) is 0 Å². The fourth-order valence-electron chi connectivity index (χ4n) is 1.92. The number of aromatic nitrogens is 1. The number of hydrogen-bond acceptors (Lipinski definition) is 4. The van der Waals surface area contributed by atoms with Gasteiger partial charge in [0.1, 0.15) is 17.3 Å². The molecule has 0 saturated heterocycles. The summed E-state index contributed by atoms with van der Waals surface area (Å²) in [5, 5.41) is 3.90. The molecule has 2 rings (SSSR count). The molecule has 0 radical (unpaired) electrons. The Balaban J connectivity index is 2.36. The molecule has 0 aliphatic heterocycles. The van der Waals surface area contributed by atoms with E-state index >= 15 is 0 Å². The lowest BCUT2D eigenvalue weighted by Gasteiger charge is -2.04. The first-order valence-corrected chi connectivity index (χ1v) is 5.90. The van der Waals surface area contributed by atoms with Crippen molar-refractivity contribution in [3.8, 4) is 11.3 Å². The van der Waals surface area contributed by atoms with E-state index in [0.29, 0.717) is 29.9 Å². The van der Waals surface area contributed by atoms with Crippen molar-refractivity contribution < 1.29 is 18.4 Å². The van der Waals surface area contributed by atoms with E-state index in [4.69, 9.17) is 4.52 Å². The molecular weight excluding hydrogens is 249 g/mol. The molecule has 0 N–H and O–H groups in total. The molecule has 0 spiro atoms. The third-order valence-electron chi connectivity index (χ3n) is 2.90. The second-order valence-corrected chi connectivity index (χ2v) is 4.27. The molecule has 100 valence electrons. The monoisotopic (exact) mass is 263 g/mol. The molecular formula is C14H14FNO3. The third-order valence-corrected chi connectivity index (χ3v) is 2.90. The summed E-state index contributed by atoms with van der Waals surface area (Å²) in [7, 11) is 0. The van der Waals surface area contributed by atoms with E-state index in [-0.39, 0.29) is 12.4 Å². The second-order valence-electron chi connectivity index (χ2n) is 4.27. The highest BCUT2D eigenvalue weighted by Gasteiger charge is 2.17. The predicted octanol–water partition coefficient (Wildman–Crippen LogP) is 2.81. The molecule has 1 aromatic heterocycles. The summed E-state index contributed by atoms with van der Waals surface area (Å²) in [6, 6.07) is 4.94. The molecule has 2 aromatic rings. The summed E-state index contributed by atoms with van der Waals surface area (Å²) in [6.45, 7) is 4.17. The quantitative estimate of drug-likeness (QED) is 0.615. The van der Waals surface area contributed by atoms with Gasteiger partial charge >= 0.3 is 0 Å². The van der Waals surface area contributed by atoms with Crippen LogP contribution in [0, 0.1) is 19.7 Å². The normalized spacial score (nSPS) is 10.5. The predicted molar refractivity (Wildman–Crippen MR) is 67.1 cm³/mol. The average molecular weight is 263 g/mol. The summed E-state index contributed by atoms with van der Waals surface area (Å²) in [5.41, 5.74) is 2.45. The van der Waals surface area contributed by atoms with E-state index in [1.165, 1.54) is 6.07 Å². The molecule has 5 heteroatoms. The van der Waals surface area contributed by atoms with Crippen LogP contribution < -0.4 is 0 Å². The fraction of sp³-hybridized carbons (Fsp3) is 0.286. The molecule has 1 heterocycles. The zero-order chi connectivity index (χ0) is 13.8. The molecule has 0 unspecified atom stereocenters. The molecule has 0 aliphatic rings. The van der Waals surface area contributed by atoms with Crippen molar-refractivity contribution >= 4 is 6.47 Å². The number of ether oxygens (including phenoxy) is 1. The van der Waals surface area contributed by atoms with Crippen LogP contribution in [-0.4, -0.2) is 18.2 Å². The Kier molecular flexibility index (Phi) is 3.94. The van der Waals surface area contributed by atoms with E-state index in [0.717, 1.165) is 11.1 Å². The average Bonchev–Trinajstić information content (AvgIpc) is 2.72. The van der Waals surface area contributed by atoms with Gasteiger partial charge in [-0.05, 0) is 31.5 Å². The Morgan fingerprint density at radius 3 is 2.89 bits per heavy atom. The largest absolute Gasteiger partial charge is 0.468 e. The van der Waals surface area contributed by atoms with Crippen molar-refractivity contribution in [3.05, 3.63) is 40.9 Å². The van der Waals surface area contributed by atoms with Crippen LogP contribution >= 0.6 is 0 Å². The minimum absolute atomic E-state index is 0.214. The molecule has 0 aliphatic carbocycles. The number of benzene rings is 1. The van der Waals surface area contributed by atoms with E-state index in [1.54, 1.807) is 13.0 Å². The van der Waals surface area contributed by atoms with Crippen LogP contribution in [0.2, 0.25) is 0 Å². The van der Waals surface area contributed by atoms with Crippen LogP contribution in [0.25, 0.3) is 11.3 Å². The maximum atomic E-state index is 13.9. The molecule has 0 atom stereocenters. The standard InChI is InChI=1S/C14H14FNO3/c1-9-3-4-12(13(15)7-9)14-11(5-6-18-8-17)10(2)19-16-14/h3-4,7-8H,5-6H2,1-2H3. The molecule has 0 fully saturated rings. The van der Waals surface area contributed by atoms with Crippen LogP contribution in [0.5, 0.6) is 0 Å². The van der Waals surface area contributed by atoms with Gasteiger partial charge in [0.2, 0.25) is 0 Å². The topological polar surface area (TPSA) is 52.3 Å². The summed E-state index contributed by atoms with van der Waals surface area (Å²) < 4.78 is 23.7. The van der Waals surface area contributed by atoms with Gasteiger partial charge in [-0.2, -0.15) is 0 Å². The Labute approximate surface area is 110 Å². The third kappa shape index (κ3) is 2.81. The fourth-order valence-corrected chi connectivity index (χ4v) is 1.92. The van der Waals surface area contributed by atoms with E-state index in [2.05, 4.69) is 9.89 Å². The Morgan fingerprint density at radius 2 is 2.21 bits per heavy atom. The van der Waals surface area contributed by atoms with Crippen molar-refractivity contribution in [3.63, 3.8) is 0 Å². The van der Waals surface area contributed by atoms with Gasteiger partial charge in [0.15, 0.2) is 0 Å². The molecule has 1 aromatic carbocycles. The molecule has 4 nitrogen and oxygen atoms in total. The Hall–Kier alpha value is -2.17. The van der Waals surface area contributed by atoms with Gasteiger partial charge in [0.25, 0.3) is 6.47 Å². The number of aryl methyl sites for hydroxylation is 2. The van der Waals surface area contributed by atoms with E-state index in [9.17, 15) is 9.18 Å². The molecule has 0 bridgehead atoms. The smallest absolute Gasteiger partial charge is 0.293 e. The lowest BCUT2D eigenvalue weighted by Crippen LogP contribution is -1.99. The van der Waals surface area contributed by atoms with Crippen LogP contribution in [-0.2, 0) is 16.0 Å². The number of hydrogen-bond donors (Lipinski definition) is 0. The summed E-state index contributed by atoms with van der Waals surface area (Å²) in [6.07, 6.45) is 0.441. The van der Waals surface area contributed by atoms with Crippen LogP contribution in [0.15, 0.2) is 22.7 Å². The molecule has 0 amide bonds. The van der Waals surface area contributed by atoms with Crippen molar-refractivity contribution in [2.45, 2.75) is 20.3 Å². The minimum Gasteiger partial charge on any atom is -0.468 e. The zero-order valence-electron chi connectivity index (χ0n) is 10.8. The number of rotatable bonds is 5. The van der Waals surface area contributed by atoms with Gasteiger partial charge in [-0.3, -0.25) is 4.79 Å². The first-order valence-electron chi connectivity index (χ1n) is 5.90. The van der Waals surface area contributed by atoms with Gasteiger partial charge in [0.05, 0.1) is 6.61 Å². The SMILES string of the molecule is Cc1ccc(-c2noc(C)c2CCOC=O)c(F)c1. The van der Waals surface area contributed by atoms with Crippen molar-refractivity contribution in [1.29, 1.82) is 0 Å². The number of halogens is 1. The first kappa shape index (κ1) is 13.3. The minimum atomic E-state index is -0.342. The zero-order valence-corrected chi connectivity index (χ0v) is 10.8. The van der Waals surface area contributed by atoms with Crippen molar-refractivity contribution in [2.24, 2.45) is 0 Å². The van der Waals surface area contributed by atoms with Crippen LogP contribution in [0.1, 0.15) is 16.9 Å². The summed E-state index contributed by atoms with van der Waals surface area (Å²) in [5.74, 6) is 0.260. The Bertz CT molecular complexity index is 592. The maximum absolute atomic E-state index is 13.9. The molecule has 0 saturated carbocycles. The summed E-state index contributed by atoms with van der Waals surface area (Å²) in [4.78, 5) is 10.1. The number of carbonyl (C=O) groups is 1. The highest BCUT2D eigenvalue weighted by atomic mass is 19.1. The second kappa shape index (κ2) is 5.65. The Morgan fingerprint density at radius 1 is 1.42 bits per heavy atom.